The maximum absolute atomic E-state index is 12.6. The Bertz CT molecular complexity index is 1200. The van der Waals surface area contributed by atoms with Crippen molar-refractivity contribution in [1.82, 2.24) is 5.32 Å². The van der Waals surface area contributed by atoms with Gasteiger partial charge in [-0.05, 0) is 42.0 Å². The number of ether oxygens (including phenoxy) is 1. The number of hydrogen-bond donors (Lipinski definition) is 3. The minimum absolute atomic E-state index is 0.000518. The highest BCUT2D eigenvalue weighted by Gasteiger charge is 2.21. The van der Waals surface area contributed by atoms with Gasteiger partial charge in [-0.3, -0.25) is 14.4 Å². The summed E-state index contributed by atoms with van der Waals surface area (Å²) >= 11 is 0. The standard InChI is InChI=1S/C22H21N3O6/c1-12(26)24-15-5-3-13(4-6-15)22(29)25-18(21(23)28)9-14-10-20(27)31-19-11-16(30-2)7-8-17(14)19/h3-8,10-11,18H,9H2,1-2H3,(H2,23,28)(H,24,26)(H,25,29)/t18-/m0/s1. The molecule has 0 spiro atoms. The van der Waals surface area contributed by atoms with Gasteiger partial charge >= 0.3 is 5.63 Å². The fourth-order valence-corrected chi connectivity index (χ4v) is 3.10. The van der Waals surface area contributed by atoms with Gasteiger partial charge < -0.3 is 25.5 Å². The Kier molecular flexibility index (Phi) is 6.35. The van der Waals surface area contributed by atoms with Crippen molar-refractivity contribution < 1.29 is 23.5 Å². The van der Waals surface area contributed by atoms with Crippen LogP contribution in [0.5, 0.6) is 5.75 Å². The quantitative estimate of drug-likeness (QED) is 0.493. The highest BCUT2D eigenvalue weighted by molar-refractivity contribution is 5.98. The second-order valence-electron chi connectivity index (χ2n) is 6.84. The summed E-state index contributed by atoms with van der Waals surface area (Å²) in [6.07, 6.45) is -0.000518. The average Bonchev–Trinajstić information content (AvgIpc) is 2.72. The van der Waals surface area contributed by atoms with Gasteiger partial charge in [0.1, 0.15) is 17.4 Å². The molecule has 1 heterocycles. The number of nitrogens with two attached hydrogens (primary N) is 1. The van der Waals surface area contributed by atoms with Crippen molar-refractivity contribution in [2.75, 3.05) is 12.4 Å². The summed E-state index contributed by atoms with van der Waals surface area (Å²) in [6.45, 7) is 1.38. The van der Waals surface area contributed by atoms with Crippen LogP contribution in [0.2, 0.25) is 0 Å². The Balaban J connectivity index is 1.83. The summed E-state index contributed by atoms with van der Waals surface area (Å²) in [5.74, 6) is -0.997. The number of fused-ring (bicyclic) bond motifs is 1. The fourth-order valence-electron chi connectivity index (χ4n) is 3.10. The second kappa shape index (κ2) is 9.12. The second-order valence-corrected chi connectivity index (χ2v) is 6.84. The summed E-state index contributed by atoms with van der Waals surface area (Å²) in [5.41, 5.74) is 6.51. The summed E-state index contributed by atoms with van der Waals surface area (Å²) in [6, 6.07) is 11.3. The van der Waals surface area contributed by atoms with E-state index in [0.29, 0.717) is 28.0 Å². The number of methoxy groups -OCH3 is 1. The van der Waals surface area contributed by atoms with Gasteiger partial charge in [-0.15, -0.1) is 0 Å². The van der Waals surface area contributed by atoms with E-state index in [1.165, 1.54) is 32.2 Å². The van der Waals surface area contributed by atoms with Crippen LogP contribution in [0.25, 0.3) is 11.0 Å². The van der Waals surface area contributed by atoms with Crippen molar-refractivity contribution in [2.45, 2.75) is 19.4 Å². The van der Waals surface area contributed by atoms with Crippen LogP contribution in [0.3, 0.4) is 0 Å². The molecule has 0 aliphatic carbocycles. The molecular formula is C22H21N3O6. The van der Waals surface area contributed by atoms with E-state index in [-0.39, 0.29) is 17.9 Å². The lowest BCUT2D eigenvalue weighted by atomic mass is 10.0. The van der Waals surface area contributed by atoms with Gasteiger partial charge in [-0.25, -0.2) is 4.79 Å². The summed E-state index contributed by atoms with van der Waals surface area (Å²) in [5, 5.41) is 5.79. The predicted octanol–water partition coefficient (Wildman–Crippen LogP) is 1.59. The van der Waals surface area contributed by atoms with Crippen molar-refractivity contribution in [3.8, 4) is 5.75 Å². The third-order valence-electron chi connectivity index (χ3n) is 4.58. The SMILES string of the molecule is COc1ccc2c(C[C@H](NC(=O)c3ccc(NC(C)=O)cc3)C(N)=O)cc(=O)oc2c1. The zero-order valence-electron chi connectivity index (χ0n) is 16.9. The van der Waals surface area contributed by atoms with Gasteiger partial charge in [-0.2, -0.15) is 0 Å². The molecule has 0 saturated carbocycles. The molecule has 1 atom stereocenters. The number of carbonyl (C=O) groups excluding carboxylic acids is 3. The van der Waals surface area contributed by atoms with Crippen LogP contribution in [0.15, 0.2) is 57.7 Å². The maximum Gasteiger partial charge on any atom is 0.336 e. The average molecular weight is 423 g/mol. The highest BCUT2D eigenvalue weighted by atomic mass is 16.5. The van der Waals surface area contributed by atoms with E-state index in [9.17, 15) is 19.2 Å². The molecule has 9 nitrogen and oxygen atoms in total. The largest absolute Gasteiger partial charge is 0.497 e. The number of primary amides is 1. The van der Waals surface area contributed by atoms with Gasteiger partial charge in [-0.1, -0.05) is 0 Å². The molecule has 1 aromatic heterocycles. The van der Waals surface area contributed by atoms with E-state index < -0.39 is 23.5 Å². The van der Waals surface area contributed by atoms with Crippen LogP contribution >= 0.6 is 0 Å². The van der Waals surface area contributed by atoms with Gasteiger partial charge in [0.25, 0.3) is 5.91 Å². The minimum atomic E-state index is -1.06. The first-order valence-electron chi connectivity index (χ1n) is 9.35. The topological polar surface area (TPSA) is 141 Å². The van der Waals surface area contributed by atoms with E-state index in [2.05, 4.69) is 10.6 Å². The van der Waals surface area contributed by atoms with E-state index in [1.54, 1.807) is 30.3 Å². The summed E-state index contributed by atoms with van der Waals surface area (Å²) in [7, 11) is 1.49. The number of amides is 3. The molecule has 31 heavy (non-hydrogen) atoms. The third kappa shape index (κ3) is 5.27. The molecule has 4 N–H and O–H groups in total. The molecule has 0 aliphatic heterocycles. The number of carbonyl (C=O) groups is 3. The van der Waals surface area contributed by atoms with Crippen LogP contribution in [-0.4, -0.2) is 30.9 Å². The molecule has 0 bridgehead atoms. The van der Waals surface area contributed by atoms with Crippen molar-refractivity contribution in [2.24, 2.45) is 5.73 Å². The minimum Gasteiger partial charge on any atom is -0.497 e. The van der Waals surface area contributed by atoms with Crippen molar-refractivity contribution >= 4 is 34.4 Å². The Morgan fingerprint density at radius 2 is 1.81 bits per heavy atom. The van der Waals surface area contributed by atoms with Crippen LogP contribution in [-0.2, 0) is 16.0 Å². The van der Waals surface area contributed by atoms with E-state index in [0.717, 1.165) is 0 Å². The number of rotatable bonds is 7. The summed E-state index contributed by atoms with van der Waals surface area (Å²) in [4.78, 5) is 47.7. The zero-order valence-corrected chi connectivity index (χ0v) is 16.9. The van der Waals surface area contributed by atoms with E-state index in [1.807, 2.05) is 0 Å². The van der Waals surface area contributed by atoms with E-state index in [4.69, 9.17) is 14.9 Å². The van der Waals surface area contributed by atoms with Crippen LogP contribution < -0.4 is 26.7 Å². The maximum atomic E-state index is 12.6. The smallest absolute Gasteiger partial charge is 0.336 e. The van der Waals surface area contributed by atoms with E-state index >= 15 is 0 Å². The molecule has 3 rings (SSSR count). The lowest BCUT2D eigenvalue weighted by molar-refractivity contribution is -0.119. The van der Waals surface area contributed by atoms with Crippen LogP contribution in [0, 0.1) is 0 Å². The normalized spacial score (nSPS) is 11.5. The molecule has 0 unspecified atom stereocenters. The van der Waals surface area contributed by atoms with Crippen molar-refractivity contribution in [3.05, 3.63) is 70.1 Å². The first-order chi connectivity index (χ1) is 14.8. The first-order valence-corrected chi connectivity index (χ1v) is 9.35. The Labute approximate surface area is 177 Å². The molecule has 0 fully saturated rings. The molecular weight excluding hydrogens is 402 g/mol. The van der Waals surface area contributed by atoms with Gasteiger partial charge in [0, 0.05) is 42.1 Å². The third-order valence-corrected chi connectivity index (χ3v) is 4.58. The zero-order chi connectivity index (χ0) is 22.5. The molecule has 160 valence electrons. The van der Waals surface area contributed by atoms with Gasteiger partial charge in [0.15, 0.2) is 0 Å². The molecule has 0 radical (unpaired) electrons. The van der Waals surface area contributed by atoms with Crippen molar-refractivity contribution in [3.63, 3.8) is 0 Å². The van der Waals surface area contributed by atoms with Crippen molar-refractivity contribution in [1.29, 1.82) is 0 Å². The fraction of sp³-hybridized carbons (Fsp3) is 0.182. The molecule has 0 aliphatic rings. The Morgan fingerprint density at radius 3 is 2.42 bits per heavy atom. The molecule has 3 amide bonds. The molecule has 0 saturated heterocycles. The Hall–Kier alpha value is -4.14. The Morgan fingerprint density at radius 1 is 1.10 bits per heavy atom. The number of nitrogens with one attached hydrogen (secondary N) is 2. The number of hydrogen-bond acceptors (Lipinski definition) is 6. The van der Waals surface area contributed by atoms with Gasteiger partial charge in [0.2, 0.25) is 11.8 Å². The van der Waals surface area contributed by atoms with Crippen LogP contribution in [0.4, 0.5) is 5.69 Å². The highest BCUT2D eigenvalue weighted by Crippen LogP contribution is 2.23. The lowest BCUT2D eigenvalue weighted by Crippen LogP contribution is -2.46. The van der Waals surface area contributed by atoms with Crippen LogP contribution in [0.1, 0.15) is 22.8 Å². The molecule has 2 aromatic carbocycles. The number of anilines is 1. The first kappa shape index (κ1) is 21.6. The molecule has 3 aromatic rings. The van der Waals surface area contributed by atoms with Gasteiger partial charge in [0.05, 0.1) is 7.11 Å². The number of benzene rings is 2. The molecule has 9 heteroatoms. The summed E-state index contributed by atoms with van der Waals surface area (Å²) < 4.78 is 10.3. The lowest BCUT2D eigenvalue weighted by Gasteiger charge is -2.17. The monoisotopic (exact) mass is 423 g/mol. The predicted molar refractivity (Wildman–Crippen MR) is 114 cm³/mol.